The normalized spacial score (nSPS) is 22.5. The molecule has 2 heteroatoms. The van der Waals surface area contributed by atoms with E-state index < -0.39 is 0 Å². The molecule has 0 aromatic heterocycles. The molecule has 0 spiro atoms. The van der Waals surface area contributed by atoms with Crippen molar-refractivity contribution in [2.75, 3.05) is 9.80 Å². The molecule has 0 aliphatic heterocycles. The van der Waals surface area contributed by atoms with Crippen molar-refractivity contribution in [2.45, 2.75) is 75.5 Å². The zero-order valence-electron chi connectivity index (χ0n) is 31.7. The first kappa shape index (κ1) is 34.4. The van der Waals surface area contributed by atoms with Gasteiger partial charge in [-0.15, -0.1) is 0 Å². The van der Waals surface area contributed by atoms with Crippen LogP contribution in [0, 0.1) is 11.8 Å². The van der Waals surface area contributed by atoms with Gasteiger partial charge in [-0.3, -0.25) is 0 Å². The molecule has 270 valence electrons. The number of anilines is 6. The van der Waals surface area contributed by atoms with Gasteiger partial charge < -0.3 is 9.80 Å². The number of benzene rings is 6. The molecule has 4 saturated carbocycles. The first-order valence-electron chi connectivity index (χ1n) is 20.3. The highest BCUT2D eigenvalue weighted by molar-refractivity contribution is 5.81. The van der Waals surface area contributed by atoms with Crippen LogP contribution in [0.25, 0.3) is 6.08 Å². The number of hydrogen-bond acceptors (Lipinski definition) is 2. The van der Waals surface area contributed by atoms with Gasteiger partial charge in [-0.05, 0) is 169 Å². The lowest BCUT2D eigenvalue weighted by Crippen LogP contribution is -2.55. The summed E-state index contributed by atoms with van der Waals surface area (Å²) in [6.07, 6.45) is 13.6. The fraction of sp³-hybridized carbons (Fsp3) is 0.269. The van der Waals surface area contributed by atoms with E-state index in [1.54, 1.807) is 11.1 Å². The maximum atomic E-state index is 4.00. The molecule has 2 unspecified atom stereocenters. The average molecular weight is 705 g/mol. The van der Waals surface area contributed by atoms with Crippen LogP contribution < -0.4 is 9.80 Å². The maximum absolute atomic E-state index is 4.00. The van der Waals surface area contributed by atoms with E-state index in [0.29, 0.717) is 5.41 Å². The van der Waals surface area contributed by atoms with Crippen molar-refractivity contribution in [2.24, 2.45) is 11.8 Å². The van der Waals surface area contributed by atoms with Crippen LogP contribution in [0.15, 0.2) is 164 Å². The zero-order valence-corrected chi connectivity index (χ0v) is 31.7. The Morgan fingerprint density at radius 1 is 0.519 bits per heavy atom. The van der Waals surface area contributed by atoms with Crippen molar-refractivity contribution in [3.05, 3.63) is 187 Å². The van der Waals surface area contributed by atoms with Gasteiger partial charge in [0.15, 0.2) is 0 Å². The van der Waals surface area contributed by atoms with E-state index in [0.717, 1.165) is 41.0 Å². The van der Waals surface area contributed by atoms with Gasteiger partial charge in [-0.25, -0.2) is 0 Å². The molecule has 0 N–H and O–H groups in total. The van der Waals surface area contributed by atoms with Crippen LogP contribution in [0.2, 0.25) is 0 Å². The zero-order chi connectivity index (χ0) is 36.5. The third kappa shape index (κ3) is 6.47. The smallest absolute Gasteiger partial charge is 0.0463 e. The number of rotatable bonds is 12. The molecule has 54 heavy (non-hydrogen) atoms. The fourth-order valence-electron chi connectivity index (χ4n) is 10.9. The minimum absolute atomic E-state index is 0.255. The Morgan fingerprint density at radius 2 is 0.907 bits per heavy atom. The van der Waals surface area contributed by atoms with Crippen LogP contribution in [0.3, 0.4) is 0 Å². The SMILES string of the molecule is C=Cc1ccc(C23CC4CC(C2)CC(c2ccc(N(c5ccc(CCCC)cc5)c5ccc(N(c6ccccc6)c6ccccc6)cc5)cc2)(C4)C3)cc1. The standard InChI is InChI=1S/C52H52N2/c1-3-5-12-40-19-25-47(26-20-40)54(50-31-29-49(30-32-50)53(45-13-8-6-9-14-45)46-15-10-7-11-16-46)48-27-23-44(24-28-48)52-36-41-33-42(37-52)35-51(34-41,38-52)43-21-17-39(4-2)18-22-43/h4,6-11,13-32,41-42H,2-3,5,12,33-38H2,1H3. The molecular formula is C52H52N2. The lowest BCUT2D eigenvalue weighted by molar-refractivity contribution is -0.0281. The van der Waals surface area contributed by atoms with Gasteiger partial charge in [-0.1, -0.05) is 111 Å². The number of unbranched alkanes of at least 4 members (excludes halogenated alkanes) is 1. The number of nitrogens with zero attached hydrogens (tertiary/aromatic N) is 2. The van der Waals surface area contributed by atoms with Crippen LogP contribution in [-0.2, 0) is 17.3 Å². The van der Waals surface area contributed by atoms with E-state index in [2.05, 4.69) is 181 Å². The van der Waals surface area contributed by atoms with E-state index in [1.165, 1.54) is 73.9 Å². The van der Waals surface area contributed by atoms with Crippen LogP contribution in [0.4, 0.5) is 34.1 Å². The van der Waals surface area contributed by atoms with E-state index in [-0.39, 0.29) is 5.41 Å². The van der Waals surface area contributed by atoms with Gasteiger partial charge in [0.1, 0.15) is 0 Å². The highest BCUT2D eigenvalue weighted by Gasteiger charge is 2.58. The molecule has 6 aromatic rings. The second-order valence-corrected chi connectivity index (χ2v) is 16.5. The minimum Gasteiger partial charge on any atom is -0.311 e. The summed E-state index contributed by atoms with van der Waals surface area (Å²) in [5.74, 6) is 1.63. The monoisotopic (exact) mass is 704 g/mol. The first-order valence-corrected chi connectivity index (χ1v) is 20.3. The molecule has 4 aliphatic carbocycles. The van der Waals surface area contributed by atoms with Crippen LogP contribution in [0.1, 0.15) is 80.5 Å². The van der Waals surface area contributed by atoms with Gasteiger partial charge in [0.05, 0.1) is 0 Å². The van der Waals surface area contributed by atoms with E-state index in [1.807, 2.05) is 6.08 Å². The number of hydrogen-bond donors (Lipinski definition) is 0. The van der Waals surface area contributed by atoms with Crippen molar-refractivity contribution >= 4 is 40.2 Å². The summed E-state index contributed by atoms with van der Waals surface area (Å²) in [5.41, 5.74) is 13.2. The van der Waals surface area contributed by atoms with Gasteiger partial charge in [0, 0.05) is 34.1 Å². The molecular weight excluding hydrogens is 653 g/mol. The second-order valence-electron chi connectivity index (χ2n) is 16.5. The van der Waals surface area contributed by atoms with Crippen LogP contribution >= 0.6 is 0 Å². The highest BCUT2D eigenvalue weighted by atomic mass is 15.2. The number of para-hydroxylation sites is 2. The Labute approximate surface area is 322 Å². The van der Waals surface area contributed by atoms with Gasteiger partial charge >= 0.3 is 0 Å². The van der Waals surface area contributed by atoms with Gasteiger partial charge in [0.2, 0.25) is 0 Å². The lowest BCUT2D eigenvalue weighted by Gasteiger charge is -2.63. The summed E-state index contributed by atoms with van der Waals surface area (Å²) in [5, 5.41) is 0. The lowest BCUT2D eigenvalue weighted by atomic mass is 9.42. The summed E-state index contributed by atoms with van der Waals surface area (Å²) >= 11 is 0. The molecule has 6 aromatic carbocycles. The van der Waals surface area contributed by atoms with E-state index >= 15 is 0 Å². The Kier molecular flexibility index (Phi) is 9.23. The average Bonchev–Trinajstić information content (AvgIpc) is 3.22. The minimum atomic E-state index is 0.255. The molecule has 4 fully saturated rings. The number of aryl methyl sites for hydroxylation is 1. The van der Waals surface area contributed by atoms with Crippen molar-refractivity contribution in [1.82, 2.24) is 0 Å². The molecule has 0 radical (unpaired) electrons. The fourth-order valence-corrected chi connectivity index (χ4v) is 10.9. The van der Waals surface area contributed by atoms with E-state index in [4.69, 9.17) is 0 Å². The Morgan fingerprint density at radius 3 is 1.33 bits per heavy atom. The molecule has 2 nitrogen and oxygen atoms in total. The van der Waals surface area contributed by atoms with Crippen molar-refractivity contribution in [3.8, 4) is 0 Å². The topological polar surface area (TPSA) is 6.48 Å². The third-order valence-electron chi connectivity index (χ3n) is 13.0. The predicted octanol–water partition coefficient (Wildman–Crippen LogP) is 14.4. The van der Waals surface area contributed by atoms with Crippen LogP contribution in [-0.4, -0.2) is 0 Å². The second kappa shape index (κ2) is 14.5. The largest absolute Gasteiger partial charge is 0.311 e. The summed E-state index contributed by atoms with van der Waals surface area (Å²) in [4.78, 5) is 4.77. The molecule has 4 aliphatic rings. The van der Waals surface area contributed by atoms with Crippen LogP contribution in [0.5, 0.6) is 0 Å². The van der Waals surface area contributed by atoms with Crippen molar-refractivity contribution in [3.63, 3.8) is 0 Å². The summed E-state index contributed by atoms with van der Waals surface area (Å²) in [7, 11) is 0. The molecule has 2 atom stereocenters. The Hall–Kier alpha value is -5.34. The molecule has 0 amide bonds. The van der Waals surface area contributed by atoms with E-state index in [9.17, 15) is 0 Å². The summed E-state index contributed by atoms with van der Waals surface area (Å²) in [6.45, 7) is 6.27. The Balaban J connectivity index is 1.06. The summed E-state index contributed by atoms with van der Waals surface area (Å²) in [6, 6.07) is 58.9. The molecule has 0 saturated heterocycles. The van der Waals surface area contributed by atoms with Gasteiger partial charge in [0.25, 0.3) is 0 Å². The first-order chi connectivity index (χ1) is 26.5. The molecule has 10 rings (SSSR count). The Bertz CT molecular complexity index is 2110. The quantitative estimate of drug-likeness (QED) is 0.125. The van der Waals surface area contributed by atoms with Gasteiger partial charge in [-0.2, -0.15) is 0 Å². The third-order valence-corrected chi connectivity index (χ3v) is 13.0. The van der Waals surface area contributed by atoms with Crippen molar-refractivity contribution in [1.29, 1.82) is 0 Å². The maximum Gasteiger partial charge on any atom is 0.0463 e. The molecule has 0 heterocycles. The van der Waals surface area contributed by atoms with Crippen molar-refractivity contribution < 1.29 is 0 Å². The summed E-state index contributed by atoms with van der Waals surface area (Å²) < 4.78 is 0. The molecule has 4 bridgehead atoms. The highest BCUT2D eigenvalue weighted by Crippen LogP contribution is 2.66. The predicted molar refractivity (Wildman–Crippen MR) is 229 cm³/mol.